The second-order valence-electron chi connectivity index (χ2n) is 8.70. The lowest BCUT2D eigenvalue weighted by Crippen LogP contribution is -2.58. The van der Waals surface area contributed by atoms with Crippen LogP contribution in [0.1, 0.15) is 19.4 Å². The molecular weight excluding hydrogens is 510 g/mol. The number of fused-ring (bicyclic) bond motifs is 3. The van der Waals surface area contributed by atoms with Gasteiger partial charge in [0.05, 0.1) is 24.8 Å². The summed E-state index contributed by atoms with van der Waals surface area (Å²) in [5, 5.41) is 5.14. The van der Waals surface area contributed by atoms with Crippen LogP contribution in [0.15, 0.2) is 71.1 Å². The molecule has 0 saturated heterocycles. The third-order valence-corrected chi connectivity index (χ3v) is 6.50. The van der Waals surface area contributed by atoms with E-state index in [1.807, 2.05) is 36.4 Å². The van der Waals surface area contributed by atoms with Gasteiger partial charge in [-0.25, -0.2) is 14.5 Å². The quantitative estimate of drug-likeness (QED) is 0.180. The standard InChI is InChI=1S/C27H28ClN5O5/c1-16(25(34)37-3)17(2)33(26(35)29-15-18-8-10-19(28)11-9-18)27(36)31-32-30-20-12-13-24-22(14-20)21-6-4-5-7-23(21)38-24/h4-14,16-17,30,32H,15H2,1-3H3,(H,29,35)(H,31,36)/t16-,17+/m1/s1. The lowest BCUT2D eigenvalue weighted by molar-refractivity contribution is -0.146. The van der Waals surface area contributed by atoms with E-state index in [2.05, 4.69) is 21.7 Å². The number of hydrogen-bond donors (Lipinski definition) is 4. The molecular formula is C27H28ClN5O5. The predicted octanol–water partition coefficient (Wildman–Crippen LogP) is 5.19. The molecule has 0 aliphatic heterocycles. The van der Waals surface area contributed by atoms with E-state index in [1.54, 1.807) is 44.2 Å². The van der Waals surface area contributed by atoms with Gasteiger partial charge in [-0.15, -0.1) is 5.53 Å². The molecule has 0 spiro atoms. The van der Waals surface area contributed by atoms with Crippen LogP contribution in [0.5, 0.6) is 0 Å². The Labute approximate surface area is 224 Å². The van der Waals surface area contributed by atoms with E-state index < -0.39 is 30.0 Å². The fourth-order valence-corrected chi connectivity index (χ4v) is 4.08. The molecule has 0 bridgehead atoms. The molecule has 4 N–H and O–H groups in total. The van der Waals surface area contributed by atoms with Crippen LogP contribution >= 0.6 is 11.6 Å². The highest BCUT2D eigenvalue weighted by Crippen LogP contribution is 2.30. The van der Waals surface area contributed by atoms with Gasteiger partial charge in [-0.3, -0.25) is 10.2 Å². The fourth-order valence-electron chi connectivity index (χ4n) is 3.95. The summed E-state index contributed by atoms with van der Waals surface area (Å²) in [6, 6.07) is 17.8. The average molecular weight is 538 g/mol. The van der Waals surface area contributed by atoms with Crippen molar-refractivity contribution in [2.45, 2.75) is 26.4 Å². The van der Waals surface area contributed by atoms with Gasteiger partial charge in [0, 0.05) is 22.3 Å². The largest absolute Gasteiger partial charge is 0.469 e. The van der Waals surface area contributed by atoms with E-state index in [0.717, 1.165) is 32.4 Å². The fraction of sp³-hybridized carbons (Fsp3) is 0.222. The molecule has 4 rings (SSSR count). The van der Waals surface area contributed by atoms with Gasteiger partial charge in [0.25, 0.3) is 0 Å². The zero-order chi connectivity index (χ0) is 27.2. The van der Waals surface area contributed by atoms with E-state index in [4.69, 9.17) is 20.8 Å². The van der Waals surface area contributed by atoms with E-state index in [0.29, 0.717) is 10.7 Å². The first-order valence-electron chi connectivity index (χ1n) is 11.9. The van der Waals surface area contributed by atoms with Crippen LogP contribution < -0.4 is 21.7 Å². The smallest absolute Gasteiger partial charge is 0.341 e. The van der Waals surface area contributed by atoms with Crippen LogP contribution in [-0.2, 0) is 16.1 Å². The molecule has 3 aromatic carbocycles. The number of ether oxygens (including phenoxy) is 1. The van der Waals surface area contributed by atoms with Crippen LogP contribution in [-0.4, -0.2) is 36.1 Å². The molecule has 198 valence electrons. The van der Waals surface area contributed by atoms with Crippen molar-refractivity contribution in [1.29, 1.82) is 0 Å². The van der Waals surface area contributed by atoms with Crippen LogP contribution in [0.25, 0.3) is 21.9 Å². The molecule has 0 saturated carbocycles. The molecule has 1 aromatic heterocycles. The molecule has 0 aliphatic rings. The number of nitrogens with zero attached hydrogens (tertiary/aromatic N) is 1. The normalized spacial score (nSPS) is 12.5. The minimum atomic E-state index is -0.817. The number of esters is 1. The van der Waals surface area contributed by atoms with Crippen molar-refractivity contribution >= 4 is 57.3 Å². The number of anilines is 1. The van der Waals surface area contributed by atoms with Crippen LogP contribution in [0.3, 0.4) is 0 Å². The van der Waals surface area contributed by atoms with Gasteiger partial charge < -0.3 is 19.9 Å². The third kappa shape index (κ3) is 5.99. The zero-order valence-corrected chi connectivity index (χ0v) is 21.8. The SMILES string of the molecule is COC(=O)[C@H](C)[C@H](C)N(C(=O)NCc1ccc(Cl)cc1)C(=O)NNNc1ccc2oc3ccccc3c2c1. The molecule has 0 fully saturated rings. The van der Waals surface area contributed by atoms with Gasteiger partial charge in [-0.05, 0) is 55.8 Å². The number of benzene rings is 3. The van der Waals surface area contributed by atoms with Gasteiger partial charge in [0.1, 0.15) is 11.2 Å². The molecule has 10 nitrogen and oxygen atoms in total. The van der Waals surface area contributed by atoms with Crippen molar-refractivity contribution in [3.63, 3.8) is 0 Å². The molecule has 4 aromatic rings. The van der Waals surface area contributed by atoms with Crippen molar-refractivity contribution < 1.29 is 23.5 Å². The van der Waals surface area contributed by atoms with Gasteiger partial charge in [0.2, 0.25) is 0 Å². The molecule has 11 heteroatoms. The Morgan fingerprint density at radius 3 is 2.39 bits per heavy atom. The summed E-state index contributed by atoms with van der Waals surface area (Å²) in [6.45, 7) is 3.33. The highest BCUT2D eigenvalue weighted by atomic mass is 35.5. The molecule has 0 unspecified atom stereocenters. The summed E-state index contributed by atoms with van der Waals surface area (Å²) >= 11 is 5.92. The number of hydrazine groups is 2. The maximum absolute atomic E-state index is 13.1. The zero-order valence-electron chi connectivity index (χ0n) is 21.1. The topological polar surface area (TPSA) is 125 Å². The number of halogens is 1. The predicted molar refractivity (Wildman–Crippen MR) is 145 cm³/mol. The van der Waals surface area contributed by atoms with Crippen molar-refractivity contribution in [3.05, 3.63) is 77.3 Å². The number of carbonyl (C=O) groups is 3. The summed E-state index contributed by atoms with van der Waals surface area (Å²) in [7, 11) is 1.25. The number of amides is 4. The van der Waals surface area contributed by atoms with E-state index in [1.165, 1.54) is 7.11 Å². The molecule has 4 amide bonds. The third-order valence-electron chi connectivity index (χ3n) is 6.25. The molecule has 1 heterocycles. The Bertz CT molecular complexity index is 1460. The summed E-state index contributed by atoms with van der Waals surface area (Å²) in [4.78, 5) is 39.2. The number of urea groups is 2. The Hall–Kier alpha value is -4.28. The van der Waals surface area contributed by atoms with Crippen molar-refractivity contribution in [1.82, 2.24) is 21.2 Å². The van der Waals surface area contributed by atoms with Crippen molar-refractivity contribution in [3.8, 4) is 0 Å². The highest BCUT2D eigenvalue weighted by Gasteiger charge is 2.34. The van der Waals surface area contributed by atoms with Gasteiger partial charge in [0.15, 0.2) is 0 Å². The summed E-state index contributed by atoms with van der Waals surface area (Å²) in [5.41, 5.74) is 10.9. The first-order valence-corrected chi connectivity index (χ1v) is 12.3. The number of rotatable bonds is 8. The number of para-hydroxylation sites is 1. The molecule has 2 atom stereocenters. The lowest BCUT2D eigenvalue weighted by Gasteiger charge is -2.30. The maximum atomic E-state index is 13.1. The van der Waals surface area contributed by atoms with Crippen LogP contribution in [0, 0.1) is 5.92 Å². The number of hydrogen-bond acceptors (Lipinski definition) is 7. The van der Waals surface area contributed by atoms with Crippen LogP contribution in [0.2, 0.25) is 5.02 Å². The lowest BCUT2D eigenvalue weighted by atomic mass is 10.0. The number of furan rings is 1. The molecule has 38 heavy (non-hydrogen) atoms. The maximum Gasteiger partial charge on any atom is 0.341 e. The Kier molecular flexibility index (Phi) is 8.35. The van der Waals surface area contributed by atoms with Gasteiger partial charge in [-0.2, -0.15) is 0 Å². The van der Waals surface area contributed by atoms with Gasteiger partial charge in [-0.1, -0.05) is 41.9 Å². The minimum Gasteiger partial charge on any atom is -0.469 e. The van der Waals surface area contributed by atoms with E-state index in [9.17, 15) is 14.4 Å². The first kappa shape index (κ1) is 26.8. The van der Waals surface area contributed by atoms with Gasteiger partial charge >= 0.3 is 18.0 Å². The Balaban J connectivity index is 1.44. The first-order chi connectivity index (χ1) is 18.3. The second-order valence-corrected chi connectivity index (χ2v) is 9.13. The second kappa shape index (κ2) is 11.8. The number of nitrogens with one attached hydrogen (secondary N) is 4. The summed E-state index contributed by atoms with van der Waals surface area (Å²) in [6.07, 6.45) is 0. The van der Waals surface area contributed by atoms with E-state index in [-0.39, 0.29) is 6.54 Å². The molecule has 0 radical (unpaired) electrons. The van der Waals surface area contributed by atoms with Crippen molar-refractivity contribution in [2.75, 3.05) is 12.5 Å². The number of methoxy groups -OCH3 is 1. The van der Waals surface area contributed by atoms with Crippen molar-refractivity contribution in [2.24, 2.45) is 5.92 Å². The Morgan fingerprint density at radius 1 is 0.947 bits per heavy atom. The summed E-state index contributed by atoms with van der Waals surface area (Å²) in [5.74, 6) is -1.32. The number of imide groups is 1. The Morgan fingerprint density at radius 2 is 1.66 bits per heavy atom. The highest BCUT2D eigenvalue weighted by molar-refractivity contribution is 6.30. The average Bonchev–Trinajstić information content (AvgIpc) is 3.30. The monoisotopic (exact) mass is 537 g/mol. The molecule has 0 aliphatic carbocycles. The minimum absolute atomic E-state index is 0.156. The van der Waals surface area contributed by atoms with E-state index >= 15 is 0 Å². The number of carbonyl (C=O) groups excluding carboxylic acids is 3. The summed E-state index contributed by atoms with van der Waals surface area (Å²) < 4.78 is 10.6. The van der Waals surface area contributed by atoms with Crippen LogP contribution in [0.4, 0.5) is 15.3 Å².